The molecule has 1 atom stereocenters. The molecule has 80 valence electrons. The normalized spacial score (nSPS) is 13.6. The van der Waals surface area contributed by atoms with Crippen LogP contribution in [-0.2, 0) is 14.2 Å². The average Bonchev–Trinajstić information content (AvgIpc) is 2.14. The van der Waals surface area contributed by atoms with E-state index in [0.29, 0.717) is 25.7 Å². The zero-order valence-electron chi connectivity index (χ0n) is 9.21. The van der Waals surface area contributed by atoms with Crippen LogP contribution in [0.15, 0.2) is 0 Å². The van der Waals surface area contributed by atoms with E-state index in [4.69, 9.17) is 14.2 Å². The van der Waals surface area contributed by atoms with Crippen molar-refractivity contribution in [2.45, 2.75) is 34.0 Å². The Bertz CT molecular complexity index is 100. The standard InChI is InChI=1S/C10H22O3/c1-5-11-8-9(4)10(12-6-2)13-7-3/h9-10H,5-8H2,1-4H3/t9-/m0/s1. The van der Waals surface area contributed by atoms with Gasteiger partial charge in [0.05, 0.1) is 6.61 Å². The monoisotopic (exact) mass is 190 g/mol. The first-order valence-electron chi connectivity index (χ1n) is 5.07. The van der Waals surface area contributed by atoms with E-state index in [2.05, 4.69) is 6.92 Å². The Morgan fingerprint density at radius 2 is 1.46 bits per heavy atom. The highest BCUT2D eigenvalue weighted by Gasteiger charge is 2.17. The number of ether oxygens (including phenoxy) is 3. The minimum absolute atomic E-state index is 0.124. The van der Waals surface area contributed by atoms with Crippen molar-refractivity contribution in [3.8, 4) is 0 Å². The molecule has 0 aromatic heterocycles. The smallest absolute Gasteiger partial charge is 0.162 e. The highest BCUT2D eigenvalue weighted by Crippen LogP contribution is 2.09. The number of hydrogen-bond acceptors (Lipinski definition) is 3. The van der Waals surface area contributed by atoms with Gasteiger partial charge in [-0.2, -0.15) is 0 Å². The third-order valence-electron chi connectivity index (χ3n) is 1.71. The van der Waals surface area contributed by atoms with Crippen LogP contribution in [0.1, 0.15) is 27.7 Å². The first-order chi connectivity index (χ1) is 6.26. The molecular formula is C10H22O3. The second kappa shape index (κ2) is 8.48. The average molecular weight is 190 g/mol. The van der Waals surface area contributed by atoms with Crippen LogP contribution in [0.5, 0.6) is 0 Å². The summed E-state index contributed by atoms with van der Waals surface area (Å²) in [5, 5.41) is 0. The Morgan fingerprint density at radius 3 is 1.85 bits per heavy atom. The molecule has 0 radical (unpaired) electrons. The quantitative estimate of drug-likeness (QED) is 0.548. The van der Waals surface area contributed by atoms with Gasteiger partial charge in [0, 0.05) is 25.7 Å². The van der Waals surface area contributed by atoms with Crippen LogP contribution in [0.4, 0.5) is 0 Å². The van der Waals surface area contributed by atoms with E-state index in [9.17, 15) is 0 Å². The lowest BCUT2D eigenvalue weighted by atomic mass is 10.2. The molecule has 0 heterocycles. The van der Waals surface area contributed by atoms with Crippen molar-refractivity contribution in [2.24, 2.45) is 5.92 Å². The summed E-state index contributed by atoms with van der Waals surface area (Å²) in [5.74, 6) is 0.292. The van der Waals surface area contributed by atoms with Gasteiger partial charge in [0.2, 0.25) is 0 Å². The summed E-state index contributed by atoms with van der Waals surface area (Å²) in [6.07, 6.45) is -0.124. The van der Waals surface area contributed by atoms with Crippen LogP contribution in [-0.4, -0.2) is 32.7 Å². The summed E-state index contributed by atoms with van der Waals surface area (Å²) in [4.78, 5) is 0. The molecule has 0 saturated heterocycles. The van der Waals surface area contributed by atoms with Gasteiger partial charge < -0.3 is 14.2 Å². The fourth-order valence-corrected chi connectivity index (χ4v) is 1.09. The fraction of sp³-hybridized carbons (Fsp3) is 1.00. The molecule has 0 rings (SSSR count). The van der Waals surface area contributed by atoms with E-state index in [1.807, 2.05) is 20.8 Å². The molecule has 0 N–H and O–H groups in total. The minimum Gasteiger partial charge on any atom is -0.381 e. The predicted molar refractivity (Wildman–Crippen MR) is 52.7 cm³/mol. The lowest BCUT2D eigenvalue weighted by molar-refractivity contribution is -0.173. The molecule has 0 unspecified atom stereocenters. The summed E-state index contributed by atoms with van der Waals surface area (Å²) in [6.45, 7) is 10.8. The second-order valence-corrected chi connectivity index (χ2v) is 2.92. The molecule has 0 aliphatic heterocycles. The van der Waals surface area contributed by atoms with Crippen LogP contribution in [0.2, 0.25) is 0 Å². The number of hydrogen-bond donors (Lipinski definition) is 0. The molecule has 3 heteroatoms. The zero-order valence-corrected chi connectivity index (χ0v) is 9.21. The maximum absolute atomic E-state index is 5.44. The minimum atomic E-state index is -0.124. The maximum atomic E-state index is 5.44. The van der Waals surface area contributed by atoms with Gasteiger partial charge in [-0.05, 0) is 20.8 Å². The largest absolute Gasteiger partial charge is 0.381 e. The van der Waals surface area contributed by atoms with Crippen LogP contribution in [0.3, 0.4) is 0 Å². The summed E-state index contributed by atoms with van der Waals surface area (Å²) < 4.78 is 16.2. The summed E-state index contributed by atoms with van der Waals surface area (Å²) >= 11 is 0. The summed E-state index contributed by atoms with van der Waals surface area (Å²) in [5.41, 5.74) is 0. The van der Waals surface area contributed by atoms with Crippen molar-refractivity contribution in [2.75, 3.05) is 26.4 Å². The van der Waals surface area contributed by atoms with Gasteiger partial charge in [-0.1, -0.05) is 6.92 Å². The van der Waals surface area contributed by atoms with Crippen LogP contribution < -0.4 is 0 Å². The number of rotatable bonds is 8. The molecule has 0 aliphatic carbocycles. The third kappa shape index (κ3) is 6.02. The molecule has 0 aromatic carbocycles. The van der Waals surface area contributed by atoms with E-state index in [0.717, 1.165) is 6.61 Å². The van der Waals surface area contributed by atoms with E-state index in [-0.39, 0.29) is 6.29 Å². The lowest BCUT2D eigenvalue weighted by Gasteiger charge is -2.23. The molecular weight excluding hydrogens is 168 g/mol. The van der Waals surface area contributed by atoms with Gasteiger partial charge in [0.25, 0.3) is 0 Å². The SMILES string of the molecule is CCOC[C@H](C)C(OCC)OCC. The Labute approximate surface area is 81.4 Å². The highest BCUT2D eigenvalue weighted by molar-refractivity contribution is 4.56. The Hall–Kier alpha value is -0.120. The van der Waals surface area contributed by atoms with E-state index in [1.165, 1.54) is 0 Å². The molecule has 0 amide bonds. The first kappa shape index (κ1) is 12.9. The maximum Gasteiger partial charge on any atom is 0.162 e. The van der Waals surface area contributed by atoms with Gasteiger partial charge >= 0.3 is 0 Å². The third-order valence-corrected chi connectivity index (χ3v) is 1.71. The van der Waals surface area contributed by atoms with Crippen LogP contribution >= 0.6 is 0 Å². The van der Waals surface area contributed by atoms with Crippen LogP contribution in [0, 0.1) is 5.92 Å². The van der Waals surface area contributed by atoms with Crippen molar-refractivity contribution in [1.29, 1.82) is 0 Å². The van der Waals surface area contributed by atoms with Gasteiger partial charge in [0.1, 0.15) is 0 Å². The Balaban J connectivity index is 3.72. The van der Waals surface area contributed by atoms with E-state index < -0.39 is 0 Å². The summed E-state index contributed by atoms with van der Waals surface area (Å²) in [7, 11) is 0. The van der Waals surface area contributed by atoms with Crippen molar-refractivity contribution in [1.82, 2.24) is 0 Å². The molecule has 13 heavy (non-hydrogen) atoms. The van der Waals surface area contributed by atoms with Gasteiger partial charge in [-0.3, -0.25) is 0 Å². The van der Waals surface area contributed by atoms with Crippen molar-refractivity contribution >= 4 is 0 Å². The van der Waals surface area contributed by atoms with Crippen molar-refractivity contribution in [3.63, 3.8) is 0 Å². The second-order valence-electron chi connectivity index (χ2n) is 2.92. The fourth-order valence-electron chi connectivity index (χ4n) is 1.09. The van der Waals surface area contributed by atoms with Crippen molar-refractivity contribution in [3.05, 3.63) is 0 Å². The highest BCUT2D eigenvalue weighted by atomic mass is 16.7. The predicted octanol–water partition coefficient (Wildman–Crippen LogP) is 2.06. The molecule has 0 spiro atoms. The summed E-state index contributed by atoms with van der Waals surface area (Å²) in [6, 6.07) is 0. The molecule has 0 fully saturated rings. The molecule has 0 saturated carbocycles. The van der Waals surface area contributed by atoms with E-state index in [1.54, 1.807) is 0 Å². The van der Waals surface area contributed by atoms with E-state index >= 15 is 0 Å². The Morgan fingerprint density at radius 1 is 0.923 bits per heavy atom. The topological polar surface area (TPSA) is 27.7 Å². The van der Waals surface area contributed by atoms with Gasteiger partial charge in [0.15, 0.2) is 6.29 Å². The Kier molecular flexibility index (Phi) is 8.40. The molecule has 0 aromatic rings. The zero-order chi connectivity index (χ0) is 10.1. The lowest BCUT2D eigenvalue weighted by Crippen LogP contribution is -2.28. The van der Waals surface area contributed by atoms with Gasteiger partial charge in [-0.15, -0.1) is 0 Å². The molecule has 3 nitrogen and oxygen atoms in total. The van der Waals surface area contributed by atoms with Crippen LogP contribution in [0.25, 0.3) is 0 Å². The first-order valence-corrected chi connectivity index (χ1v) is 5.07. The molecule has 0 bridgehead atoms. The molecule has 0 aliphatic rings. The van der Waals surface area contributed by atoms with Gasteiger partial charge in [-0.25, -0.2) is 0 Å². The van der Waals surface area contributed by atoms with Crippen molar-refractivity contribution < 1.29 is 14.2 Å².